The van der Waals surface area contributed by atoms with Gasteiger partial charge in [0.05, 0.1) is 19.1 Å². The first kappa shape index (κ1) is 28.6. The third-order valence-corrected chi connectivity index (χ3v) is 5.21. The molecule has 0 saturated heterocycles. The minimum Gasteiger partial charge on any atom is -0.481 e. The minimum absolute atomic E-state index is 0.195. The van der Waals surface area contributed by atoms with Crippen molar-refractivity contribution in [2.24, 2.45) is 11.7 Å². The molecule has 0 rings (SSSR count). The van der Waals surface area contributed by atoms with Crippen LogP contribution in [-0.4, -0.2) is 87.8 Å². The van der Waals surface area contributed by atoms with Gasteiger partial charge in [0, 0.05) is 0 Å². The molecule has 12 nitrogen and oxygen atoms in total. The van der Waals surface area contributed by atoms with Gasteiger partial charge in [0.2, 0.25) is 17.7 Å². The molecule has 5 atom stereocenters. The maximum absolute atomic E-state index is 12.7. The van der Waals surface area contributed by atoms with Crippen molar-refractivity contribution >= 4 is 41.4 Å². The Hall–Kier alpha value is -2.38. The third kappa shape index (κ3) is 10.5. The van der Waals surface area contributed by atoms with E-state index in [2.05, 4.69) is 16.0 Å². The molecule has 0 radical (unpaired) electrons. The van der Waals surface area contributed by atoms with Crippen molar-refractivity contribution in [2.45, 2.75) is 57.3 Å². The van der Waals surface area contributed by atoms with Gasteiger partial charge < -0.3 is 37.0 Å². The van der Waals surface area contributed by atoms with E-state index >= 15 is 0 Å². The van der Waals surface area contributed by atoms with Crippen molar-refractivity contribution in [1.82, 2.24) is 16.0 Å². The minimum atomic E-state index is -1.47. The second-order valence-corrected chi connectivity index (χ2v) is 7.99. The molecule has 13 heteroatoms. The first-order valence-electron chi connectivity index (χ1n) is 9.69. The summed E-state index contributed by atoms with van der Waals surface area (Å²) in [5.74, 6) is -4.95. The van der Waals surface area contributed by atoms with Crippen LogP contribution >= 0.6 is 11.8 Å². The zero-order valence-corrected chi connectivity index (χ0v) is 18.6. The van der Waals surface area contributed by atoms with Gasteiger partial charge in [-0.2, -0.15) is 11.8 Å². The number of carboxylic acids is 2. The molecular formula is C18H32N4O8S. The molecule has 0 aromatic carbocycles. The fourth-order valence-corrected chi connectivity index (χ4v) is 2.94. The Morgan fingerprint density at radius 1 is 0.968 bits per heavy atom. The van der Waals surface area contributed by atoms with E-state index in [1.807, 2.05) is 0 Å². The second-order valence-electron chi connectivity index (χ2n) is 7.00. The topological polar surface area (TPSA) is 208 Å². The lowest BCUT2D eigenvalue weighted by Crippen LogP contribution is -2.59. The molecule has 5 unspecified atom stereocenters. The summed E-state index contributed by atoms with van der Waals surface area (Å²) in [5.41, 5.74) is 5.44. The molecule has 0 aliphatic heterocycles. The number of aliphatic hydroxyl groups is 1. The monoisotopic (exact) mass is 464 g/mol. The van der Waals surface area contributed by atoms with Gasteiger partial charge in [-0.05, 0) is 24.3 Å². The van der Waals surface area contributed by atoms with E-state index in [1.165, 1.54) is 11.8 Å². The number of carbonyl (C=O) groups is 5. The van der Waals surface area contributed by atoms with Gasteiger partial charge in [0.15, 0.2) is 0 Å². The number of hydrogen-bond donors (Lipinski definition) is 7. The van der Waals surface area contributed by atoms with Crippen molar-refractivity contribution in [3.05, 3.63) is 0 Å². The first-order valence-corrected chi connectivity index (χ1v) is 11.1. The number of aliphatic carboxylic acids is 2. The zero-order chi connectivity index (χ0) is 24.1. The van der Waals surface area contributed by atoms with E-state index in [-0.39, 0.29) is 12.3 Å². The average molecular weight is 465 g/mol. The van der Waals surface area contributed by atoms with Gasteiger partial charge in [0.1, 0.15) is 18.1 Å². The summed E-state index contributed by atoms with van der Waals surface area (Å²) in [7, 11) is 0. The lowest BCUT2D eigenvalue weighted by Gasteiger charge is -2.27. The molecule has 178 valence electrons. The smallest absolute Gasteiger partial charge is 0.326 e. The fraction of sp³-hybridized carbons (Fsp3) is 0.722. The molecule has 8 N–H and O–H groups in total. The van der Waals surface area contributed by atoms with Crippen LogP contribution in [0.2, 0.25) is 0 Å². The number of carbonyl (C=O) groups excluding carboxylic acids is 3. The molecule has 31 heavy (non-hydrogen) atoms. The van der Waals surface area contributed by atoms with E-state index in [0.29, 0.717) is 12.2 Å². The summed E-state index contributed by atoms with van der Waals surface area (Å²) in [6.07, 6.45) is 1.80. The molecule has 0 aliphatic carbocycles. The van der Waals surface area contributed by atoms with Crippen LogP contribution in [0.25, 0.3) is 0 Å². The molecular weight excluding hydrogens is 432 g/mol. The molecule has 0 fully saturated rings. The third-order valence-electron chi connectivity index (χ3n) is 4.57. The Morgan fingerprint density at radius 3 is 2.00 bits per heavy atom. The number of carboxylic acid groups (broad SMARTS) is 2. The van der Waals surface area contributed by atoms with Crippen LogP contribution in [0.3, 0.4) is 0 Å². The molecule has 0 aromatic heterocycles. The highest BCUT2D eigenvalue weighted by atomic mass is 32.2. The van der Waals surface area contributed by atoms with Crippen LogP contribution in [0.15, 0.2) is 0 Å². The van der Waals surface area contributed by atoms with Gasteiger partial charge >= 0.3 is 11.9 Å². The predicted molar refractivity (Wildman–Crippen MR) is 113 cm³/mol. The van der Waals surface area contributed by atoms with Gasteiger partial charge in [-0.15, -0.1) is 0 Å². The number of rotatable bonds is 15. The summed E-state index contributed by atoms with van der Waals surface area (Å²) in [5, 5.41) is 34.4. The standard InChI is InChI=1S/C18H32N4O8S/c1-4-9(2)14(17(28)20-11(18(29)30)5-6-31-3)22-16(27)12(8-23)21-15(26)10(19)7-13(24)25/h9-12,14,23H,4-8,19H2,1-3H3,(H,20,28)(H,21,26)(H,22,27)(H,24,25)(H,29,30). The molecule has 0 spiro atoms. The fourth-order valence-electron chi connectivity index (χ4n) is 2.46. The number of hydrogen-bond acceptors (Lipinski definition) is 8. The van der Waals surface area contributed by atoms with Crippen molar-refractivity contribution < 1.29 is 39.3 Å². The van der Waals surface area contributed by atoms with Crippen LogP contribution in [0, 0.1) is 5.92 Å². The summed E-state index contributed by atoms with van der Waals surface area (Å²) >= 11 is 1.42. The lowest BCUT2D eigenvalue weighted by atomic mass is 9.97. The summed E-state index contributed by atoms with van der Waals surface area (Å²) in [4.78, 5) is 59.2. The van der Waals surface area contributed by atoms with E-state index in [9.17, 15) is 34.2 Å². The Bertz CT molecular complexity index is 648. The van der Waals surface area contributed by atoms with Crippen LogP contribution in [-0.2, 0) is 24.0 Å². The molecule has 3 amide bonds. The maximum atomic E-state index is 12.7. The Labute approximate surface area is 184 Å². The molecule has 0 heterocycles. The normalized spacial score (nSPS) is 15.6. The van der Waals surface area contributed by atoms with Crippen LogP contribution < -0.4 is 21.7 Å². The van der Waals surface area contributed by atoms with Crippen molar-refractivity contribution in [1.29, 1.82) is 0 Å². The Morgan fingerprint density at radius 2 is 1.55 bits per heavy atom. The van der Waals surface area contributed by atoms with Gasteiger partial charge in [-0.25, -0.2) is 4.79 Å². The highest BCUT2D eigenvalue weighted by Gasteiger charge is 2.32. The zero-order valence-electron chi connectivity index (χ0n) is 17.8. The molecule has 0 aromatic rings. The molecule has 0 bridgehead atoms. The Kier molecular flexibility index (Phi) is 13.5. The number of amides is 3. The highest BCUT2D eigenvalue weighted by Crippen LogP contribution is 2.10. The number of aliphatic hydroxyl groups excluding tert-OH is 1. The molecule has 0 saturated carbocycles. The lowest BCUT2D eigenvalue weighted by molar-refractivity contribution is -0.142. The van der Waals surface area contributed by atoms with Crippen molar-refractivity contribution in [2.75, 3.05) is 18.6 Å². The van der Waals surface area contributed by atoms with Crippen LogP contribution in [0.4, 0.5) is 0 Å². The van der Waals surface area contributed by atoms with Crippen molar-refractivity contribution in [3.8, 4) is 0 Å². The van der Waals surface area contributed by atoms with E-state index in [0.717, 1.165) is 0 Å². The van der Waals surface area contributed by atoms with Gasteiger partial charge in [0.25, 0.3) is 0 Å². The number of nitrogens with one attached hydrogen (secondary N) is 3. The van der Waals surface area contributed by atoms with E-state index < -0.39 is 66.9 Å². The highest BCUT2D eigenvalue weighted by molar-refractivity contribution is 7.98. The van der Waals surface area contributed by atoms with E-state index in [1.54, 1.807) is 20.1 Å². The summed E-state index contributed by atoms with van der Waals surface area (Å²) in [6.45, 7) is 2.63. The predicted octanol–water partition coefficient (Wildman–Crippen LogP) is -1.88. The summed E-state index contributed by atoms with van der Waals surface area (Å²) in [6, 6.07) is -5.16. The largest absolute Gasteiger partial charge is 0.481 e. The second kappa shape index (κ2) is 14.6. The van der Waals surface area contributed by atoms with Crippen LogP contribution in [0.1, 0.15) is 33.1 Å². The van der Waals surface area contributed by atoms with Crippen LogP contribution in [0.5, 0.6) is 0 Å². The number of thioether (sulfide) groups is 1. The average Bonchev–Trinajstić information content (AvgIpc) is 2.71. The number of nitrogens with two attached hydrogens (primary N) is 1. The van der Waals surface area contributed by atoms with Crippen molar-refractivity contribution in [3.63, 3.8) is 0 Å². The van der Waals surface area contributed by atoms with Gasteiger partial charge in [-0.1, -0.05) is 20.3 Å². The first-order chi connectivity index (χ1) is 14.5. The Balaban J connectivity index is 5.28. The maximum Gasteiger partial charge on any atom is 0.326 e. The van der Waals surface area contributed by atoms with Gasteiger partial charge in [-0.3, -0.25) is 19.2 Å². The quantitative estimate of drug-likeness (QED) is 0.143. The molecule has 0 aliphatic rings. The van der Waals surface area contributed by atoms with E-state index in [4.69, 9.17) is 10.8 Å². The SMILES string of the molecule is CCC(C)C(NC(=O)C(CO)NC(=O)C(N)CC(=O)O)C(=O)NC(CCSC)C(=O)O. The summed E-state index contributed by atoms with van der Waals surface area (Å²) < 4.78 is 0.